The summed E-state index contributed by atoms with van der Waals surface area (Å²) in [7, 11) is 0. The van der Waals surface area contributed by atoms with E-state index in [1.165, 1.54) is 18.2 Å². The molecule has 0 bridgehead atoms. The van der Waals surface area contributed by atoms with E-state index in [1.54, 1.807) is 13.0 Å². The van der Waals surface area contributed by atoms with Gasteiger partial charge in [-0.05, 0) is 30.7 Å². The highest BCUT2D eigenvalue weighted by Crippen LogP contribution is 2.20. The van der Waals surface area contributed by atoms with Crippen molar-refractivity contribution in [2.24, 2.45) is 0 Å². The molecular formula is C12H9ClFNO2. The molecule has 1 aromatic rings. The molecule has 0 heterocycles. The van der Waals surface area contributed by atoms with Crippen molar-refractivity contribution in [1.82, 2.24) is 0 Å². The second kappa shape index (κ2) is 6.02. The first-order valence-electron chi connectivity index (χ1n) is 4.82. The quantitative estimate of drug-likeness (QED) is 0.473. The molecule has 0 N–H and O–H groups in total. The van der Waals surface area contributed by atoms with E-state index in [9.17, 15) is 9.18 Å². The molecule has 0 saturated carbocycles. The smallest absolute Gasteiger partial charge is 0.348 e. The Balaban J connectivity index is 3.07. The molecule has 88 valence electrons. The third kappa shape index (κ3) is 3.58. The van der Waals surface area contributed by atoms with Gasteiger partial charge in [0.15, 0.2) is 0 Å². The fourth-order valence-corrected chi connectivity index (χ4v) is 1.34. The Morgan fingerprint density at radius 1 is 1.65 bits per heavy atom. The molecule has 0 fully saturated rings. The zero-order chi connectivity index (χ0) is 12.8. The molecule has 0 radical (unpaired) electrons. The maximum absolute atomic E-state index is 12.8. The molecule has 0 aliphatic carbocycles. The van der Waals surface area contributed by atoms with Gasteiger partial charge in [0.2, 0.25) is 0 Å². The topological polar surface area (TPSA) is 50.1 Å². The lowest BCUT2D eigenvalue weighted by Crippen LogP contribution is -2.06. The molecule has 0 aromatic heterocycles. The largest absolute Gasteiger partial charge is 0.462 e. The second-order valence-electron chi connectivity index (χ2n) is 3.06. The van der Waals surface area contributed by atoms with Crippen molar-refractivity contribution in [2.75, 3.05) is 6.61 Å². The molecule has 0 spiro atoms. The molecule has 1 aromatic carbocycles. The molecular weight excluding hydrogens is 245 g/mol. The van der Waals surface area contributed by atoms with E-state index in [-0.39, 0.29) is 17.2 Å². The number of hydrogen-bond acceptors (Lipinski definition) is 3. The van der Waals surface area contributed by atoms with E-state index in [0.29, 0.717) is 5.56 Å². The number of ether oxygens (including phenoxy) is 1. The molecule has 0 amide bonds. The van der Waals surface area contributed by atoms with Crippen LogP contribution < -0.4 is 0 Å². The first kappa shape index (κ1) is 13.2. The zero-order valence-electron chi connectivity index (χ0n) is 9.04. The Hall–Kier alpha value is -1.86. The SMILES string of the molecule is CCOC(=O)C(C#N)=Cc1ccc(F)cc1Cl. The summed E-state index contributed by atoms with van der Waals surface area (Å²) in [4.78, 5) is 11.3. The van der Waals surface area contributed by atoms with E-state index < -0.39 is 11.8 Å². The van der Waals surface area contributed by atoms with Crippen molar-refractivity contribution < 1.29 is 13.9 Å². The molecule has 17 heavy (non-hydrogen) atoms. The minimum atomic E-state index is -0.726. The summed E-state index contributed by atoms with van der Waals surface area (Å²) in [6.45, 7) is 1.81. The van der Waals surface area contributed by atoms with Gasteiger partial charge >= 0.3 is 5.97 Å². The lowest BCUT2D eigenvalue weighted by atomic mass is 10.1. The molecule has 0 aliphatic rings. The van der Waals surface area contributed by atoms with Crippen LogP contribution in [0.5, 0.6) is 0 Å². The van der Waals surface area contributed by atoms with Gasteiger partial charge in [-0.15, -0.1) is 0 Å². The number of benzene rings is 1. The third-order valence-corrected chi connectivity index (χ3v) is 2.21. The minimum Gasteiger partial charge on any atom is -0.462 e. The van der Waals surface area contributed by atoms with Crippen molar-refractivity contribution in [1.29, 1.82) is 5.26 Å². The van der Waals surface area contributed by atoms with E-state index in [4.69, 9.17) is 16.9 Å². The number of esters is 1. The summed E-state index contributed by atoms with van der Waals surface area (Å²) in [5.41, 5.74) is 0.207. The van der Waals surface area contributed by atoms with Crippen molar-refractivity contribution in [3.8, 4) is 6.07 Å². The van der Waals surface area contributed by atoms with Crippen LogP contribution in [0.1, 0.15) is 12.5 Å². The van der Waals surface area contributed by atoms with Crippen LogP contribution in [0.25, 0.3) is 6.08 Å². The van der Waals surface area contributed by atoms with Crippen molar-refractivity contribution >= 4 is 23.6 Å². The van der Waals surface area contributed by atoms with Gasteiger partial charge in [-0.2, -0.15) is 5.26 Å². The fourth-order valence-electron chi connectivity index (χ4n) is 1.12. The summed E-state index contributed by atoms with van der Waals surface area (Å²) < 4.78 is 17.5. The maximum atomic E-state index is 12.8. The highest BCUT2D eigenvalue weighted by molar-refractivity contribution is 6.32. The highest BCUT2D eigenvalue weighted by atomic mass is 35.5. The number of rotatable bonds is 3. The average molecular weight is 254 g/mol. The maximum Gasteiger partial charge on any atom is 0.348 e. The summed E-state index contributed by atoms with van der Waals surface area (Å²) in [5.74, 6) is -1.21. The van der Waals surface area contributed by atoms with Crippen LogP contribution in [0.4, 0.5) is 4.39 Å². The van der Waals surface area contributed by atoms with Crippen LogP contribution in [-0.4, -0.2) is 12.6 Å². The number of halogens is 2. The molecule has 0 saturated heterocycles. The van der Waals surface area contributed by atoms with Crippen molar-refractivity contribution in [2.45, 2.75) is 6.92 Å². The normalized spacial score (nSPS) is 10.8. The Kier molecular flexibility index (Phi) is 4.68. The first-order chi connectivity index (χ1) is 8.08. The second-order valence-corrected chi connectivity index (χ2v) is 3.46. The Morgan fingerprint density at radius 2 is 2.35 bits per heavy atom. The molecule has 1 rings (SSSR count). The first-order valence-corrected chi connectivity index (χ1v) is 5.20. The van der Waals surface area contributed by atoms with Gasteiger partial charge < -0.3 is 4.74 Å². The Bertz CT molecular complexity index is 506. The van der Waals surface area contributed by atoms with E-state index in [1.807, 2.05) is 0 Å². The van der Waals surface area contributed by atoms with Gasteiger partial charge in [0.05, 0.1) is 11.6 Å². The Morgan fingerprint density at radius 3 is 2.88 bits per heavy atom. The molecule has 0 aliphatic heterocycles. The monoisotopic (exact) mass is 253 g/mol. The van der Waals surface area contributed by atoms with Gasteiger partial charge in [-0.3, -0.25) is 0 Å². The van der Waals surface area contributed by atoms with E-state index >= 15 is 0 Å². The Labute approximate surface area is 103 Å². The minimum absolute atomic E-state index is 0.127. The van der Waals surface area contributed by atoms with Gasteiger partial charge in [0, 0.05) is 0 Å². The molecule has 5 heteroatoms. The molecule has 3 nitrogen and oxygen atoms in total. The van der Waals surface area contributed by atoms with Crippen molar-refractivity contribution in [3.05, 3.63) is 40.2 Å². The molecule has 0 atom stereocenters. The predicted molar refractivity (Wildman–Crippen MR) is 61.6 cm³/mol. The highest BCUT2D eigenvalue weighted by Gasteiger charge is 2.10. The van der Waals surface area contributed by atoms with Crippen LogP contribution in [0, 0.1) is 17.1 Å². The van der Waals surface area contributed by atoms with Crippen LogP contribution in [0.15, 0.2) is 23.8 Å². The summed E-state index contributed by atoms with van der Waals surface area (Å²) in [6, 6.07) is 5.39. The molecule has 0 unspecified atom stereocenters. The third-order valence-electron chi connectivity index (χ3n) is 1.88. The lowest BCUT2D eigenvalue weighted by Gasteiger charge is -2.01. The van der Waals surface area contributed by atoms with Crippen LogP contribution in [-0.2, 0) is 9.53 Å². The number of hydrogen-bond donors (Lipinski definition) is 0. The number of nitrogens with zero attached hydrogens (tertiary/aromatic N) is 1. The average Bonchev–Trinajstić information content (AvgIpc) is 2.28. The number of carbonyl (C=O) groups is 1. The van der Waals surface area contributed by atoms with Gasteiger partial charge in [-0.1, -0.05) is 17.7 Å². The number of nitriles is 1. The standard InChI is InChI=1S/C12H9ClFNO2/c1-2-17-12(16)9(7-15)5-8-3-4-10(14)6-11(8)13/h3-6H,2H2,1H3. The number of carbonyl (C=O) groups excluding carboxylic acids is 1. The van der Waals surface area contributed by atoms with Crippen LogP contribution in [0.3, 0.4) is 0 Å². The zero-order valence-corrected chi connectivity index (χ0v) is 9.79. The van der Waals surface area contributed by atoms with Gasteiger partial charge in [0.1, 0.15) is 17.5 Å². The van der Waals surface area contributed by atoms with Gasteiger partial charge in [0.25, 0.3) is 0 Å². The van der Waals surface area contributed by atoms with E-state index in [2.05, 4.69) is 4.74 Å². The van der Waals surface area contributed by atoms with Gasteiger partial charge in [-0.25, -0.2) is 9.18 Å². The summed E-state index contributed by atoms with van der Waals surface area (Å²) in [6.07, 6.45) is 1.26. The predicted octanol–water partition coefficient (Wildman–Crippen LogP) is 2.95. The van der Waals surface area contributed by atoms with Crippen LogP contribution in [0.2, 0.25) is 5.02 Å². The summed E-state index contributed by atoms with van der Waals surface area (Å²) >= 11 is 5.77. The van der Waals surface area contributed by atoms with E-state index in [0.717, 1.165) is 6.07 Å². The van der Waals surface area contributed by atoms with Crippen LogP contribution >= 0.6 is 11.6 Å². The van der Waals surface area contributed by atoms with Crippen molar-refractivity contribution in [3.63, 3.8) is 0 Å². The fraction of sp³-hybridized carbons (Fsp3) is 0.167. The lowest BCUT2D eigenvalue weighted by molar-refractivity contribution is -0.137. The summed E-state index contributed by atoms with van der Waals surface area (Å²) in [5, 5.41) is 8.92.